The van der Waals surface area contributed by atoms with Gasteiger partial charge in [-0.15, -0.1) is 0 Å². The molecule has 0 radical (unpaired) electrons. The molecule has 1 atom stereocenters. The lowest BCUT2D eigenvalue weighted by atomic mass is 10.0. The summed E-state index contributed by atoms with van der Waals surface area (Å²) in [4.78, 5) is 11.8. The Balaban J connectivity index is 1.83. The molecule has 0 amide bonds. The van der Waals surface area contributed by atoms with Crippen molar-refractivity contribution in [1.29, 1.82) is 0 Å². The second-order valence-electron chi connectivity index (χ2n) is 6.65. The Morgan fingerprint density at radius 2 is 1.92 bits per heavy atom. The van der Waals surface area contributed by atoms with Gasteiger partial charge in [-0.25, -0.2) is 4.79 Å². The molecule has 2 N–H and O–H groups in total. The van der Waals surface area contributed by atoms with Crippen LogP contribution in [0.25, 0.3) is 10.9 Å². The maximum absolute atomic E-state index is 11.8. The molecule has 0 saturated carbocycles. The number of hydrogen-bond acceptors (Lipinski definition) is 2. The van der Waals surface area contributed by atoms with Gasteiger partial charge in [-0.2, -0.15) is 0 Å². The number of benzene rings is 2. The van der Waals surface area contributed by atoms with Crippen molar-refractivity contribution >= 4 is 16.9 Å². The molecule has 0 fully saturated rings. The van der Waals surface area contributed by atoms with E-state index in [2.05, 4.69) is 24.4 Å². The van der Waals surface area contributed by atoms with Gasteiger partial charge in [0.15, 0.2) is 0 Å². The van der Waals surface area contributed by atoms with Crippen LogP contribution in [0.5, 0.6) is 0 Å². The largest absolute Gasteiger partial charge is 0.477 e. The summed E-state index contributed by atoms with van der Waals surface area (Å²) in [6, 6.07) is 16.4. The van der Waals surface area contributed by atoms with Crippen molar-refractivity contribution in [3.05, 3.63) is 70.9 Å². The number of carboxylic acids is 1. The van der Waals surface area contributed by atoms with Crippen LogP contribution in [0.15, 0.2) is 48.5 Å². The number of carbonyl (C=O) groups is 1. The van der Waals surface area contributed by atoms with Crippen molar-refractivity contribution in [3.8, 4) is 0 Å². The molecule has 25 heavy (non-hydrogen) atoms. The van der Waals surface area contributed by atoms with Crippen LogP contribution in [0.4, 0.5) is 0 Å². The predicted octanol–water partition coefficient (Wildman–Crippen LogP) is 4.08. The second-order valence-corrected chi connectivity index (χ2v) is 6.65. The van der Waals surface area contributed by atoms with E-state index in [1.165, 1.54) is 5.56 Å². The van der Waals surface area contributed by atoms with Crippen LogP contribution < -0.4 is 5.32 Å². The smallest absolute Gasteiger partial charge is 0.352 e. The summed E-state index contributed by atoms with van der Waals surface area (Å²) in [5, 5.41) is 14.1. The van der Waals surface area contributed by atoms with Crippen molar-refractivity contribution in [2.24, 2.45) is 7.05 Å². The van der Waals surface area contributed by atoms with Gasteiger partial charge in [-0.3, -0.25) is 0 Å². The van der Waals surface area contributed by atoms with Crippen molar-refractivity contribution in [2.45, 2.75) is 26.3 Å². The van der Waals surface area contributed by atoms with Crippen molar-refractivity contribution in [3.63, 3.8) is 0 Å². The number of aryl methyl sites for hydroxylation is 2. The molecule has 130 valence electrons. The van der Waals surface area contributed by atoms with E-state index in [9.17, 15) is 9.90 Å². The summed E-state index contributed by atoms with van der Waals surface area (Å²) >= 11 is 0. The lowest BCUT2D eigenvalue weighted by molar-refractivity contribution is 0.0685. The highest BCUT2D eigenvalue weighted by molar-refractivity contribution is 5.98. The molecule has 4 heteroatoms. The molecule has 1 aromatic heterocycles. The lowest BCUT2D eigenvalue weighted by Crippen LogP contribution is -2.21. The summed E-state index contributed by atoms with van der Waals surface area (Å²) in [6.07, 6.45) is 0. The number of fused-ring (bicyclic) bond motifs is 1. The van der Waals surface area contributed by atoms with E-state index in [1.54, 1.807) is 4.57 Å². The fraction of sp³-hybridized carbons (Fsp3) is 0.286. The summed E-state index contributed by atoms with van der Waals surface area (Å²) in [6.45, 7) is 5.53. The zero-order valence-corrected chi connectivity index (χ0v) is 14.9. The highest BCUT2D eigenvalue weighted by atomic mass is 16.4. The number of aromatic nitrogens is 1. The quantitative estimate of drug-likeness (QED) is 0.713. The summed E-state index contributed by atoms with van der Waals surface area (Å²) in [5.74, 6) is -0.518. The Labute approximate surface area is 148 Å². The SMILES string of the molecule is Cc1ccc2c(CNCC(C)c3ccccc3)c(C(=O)O)n(C)c2c1. The second kappa shape index (κ2) is 7.11. The van der Waals surface area contributed by atoms with Gasteiger partial charge in [0.2, 0.25) is 0 Å². The van der Waals surface area contributed by atoms with Gasteiger partial charge in [0.05, 0.1) is 0 Å². The molecule has 3 aromatic rings. The van der Waals surface area contributed by atoms with Gasteiger partial charge in [-0.1, -0.05) is 49.4 Å². The van der Waals surface area contributed by atoms with Crippen LogP contribution in [-0.2, 0) is 13.6 Å². The van der Waals surface area contributed by atoms with Crippen LogP contribution in [-0.4, -0.2) is 22.2 Å². The number of nitrogens with one attached hydrogen (secondary N) is 1. The highest BCUT2D eigenvalue weighted by Crippen LogP contribution is 2.26. The number of aromatic carboxylic acids is 1. The Hall–Kier alpha value is -2.59. The topological polar surface area (TPSA) is 54.3 Å². The van der Waals surface area contributed by atoms with Gasteiger partial charge in [-0.05, 0) is 30.0 Å². The minimum atomic E-state index is -0.885. The van der Waals surface area contributed by atoms with E-state index in [0.717, 1.165) is 28.6 Å². The molecule has 0 aliphatic carbocycles. The van der Waals surface area contributed by atoms with Crippen molar-refractivity contribution in [2.75, 3.05) is 6.54 Å². The minimum absolute atomic E-state index is 0.362. The molecule has 0 spiro atoms. The summed E-state index contributed by atoms with van der Waals surface area (Å²) in [7, 11) is 1.82. The molecule has 4 nitrogen and oxygen atoms in total. The van der Waals surface area contributed by atoms with Gasteiger partial charge in [0.25, 0.3) is 0 Å². The Kier molecular flexibility index (Phi) is 4.91. The fourth-order valence-electron chi connectivity index (χ4n) is 3.39. The normalized spacial score (nSPS) is 12.4. The lowest BCUT2D eigenvalue weighted by Gasteiger charge is -2.13. The van der Waals surface area contributed by atoms with Crippen LogP contribution in [0.2, 0.25) is 0 Å². The molecule has 0 aliphatic heterocycles. The minimum Gasteiger partial charge on any atom is -0.477 e. The standard InChI is InChI=1S/C21H24N2O2/c1-14-9-10-17-18(20(21(24)25)23(3)19(17)11-14)13-22-12-15(2)16-7-5-4-6-8-16/h4-11,15,22H,12-13H2,1-3H3,(H,24,25). The average molecular weight is 336 g/mol. The fourth-order valence-corrected chi connectivity index (χ4v) is 3.39. The molecule has 1 heterocycles. The highest BCUT2D eigenvalue weighted by Gasteiger charge is 2.20. The van der Waals surface area contributed by atoms with Gasteiger partial charge < -0.3 is 15.0 Å². The van der Waals surface area contributed by atoms with E-state index < -0.39 is 5.97 Å². The van der Waals surface area contributed by atoms with Crippen LogP contribution in [0.3, 0.4) is 0 Å². The van der Waals surface area contributed by atoms with Crippen molar-refractivity contribution < 1.29 is 9.90 Å². The maximum Gasteiger partial charge on any atom is 0.352 e. The third-order valence-corrected chi connectivity index (χ3v) is 4.78. The number of hydrogen-bond donors (Lipinski definition) is 2. The monoisotopic (exact) mass is 336 g/mol. The molecule has 0 saturated heterocycles. The Morgan fingerprint density at radius 1 is 1.20 bits per heavy atom. The van der Waals surface area contributed by atoms with Gasteiger partial charge in [0, 0.05) is 36.6 Å². The first-order chi connectivity index (χ1) is 12.0. The van der Waals surface area contributed by atoms with Crippen LogP contribution >= 0.6 is 0 Å². The van der Waals surface area contributed by atoms with Crippen LogP contribution in [0.1, 0.15) is 40.0 Å². The Bertz CT molecular complexity index is 897. The number of carboxylic acid groups (broad SMARTS) is 1. The molecule has 1 unspecified atom stereocenters. The van der Waals surface area contributed by atoms with E-state index in [1.807, 2.05) is 50.4 Å². The summed E-state index contributed by atoms with van der Waals surface area (Å²) < 4.78 is 1.78. The van der Waals surface area contributed by atoms with Gasteiger partial charge in [0.1, 0.15) is 5.69 Å². The maximum atomic E-state index is 11.8. The Morgan fingerprint density at radius 3 is 2.60 bits per heavy atom. The first-order valence-corrected chi connectivity index (χ1v) is 8.56. The van der Waals surface area contributed by atoms with E-state index >= 15 is 0 Å². The molecule has 2 aromatic carbocycles. The van der Waals surface area contributed by atoms with E-state index in [-0.39, 0.29) is 0 Å². The predicted molar refractivity (Wildman–Crippen MR) is 101 cm³/mol. The molecular weight excluding hydrogens is 312 g/mol. The number of nitrogens with zero attached hydrogens (tertiary/aromatic N) is 1. The first-order valence-electron chi connectivity index (χ1n) is 8.56. The third kappa shape index (κ3) is 3.44. The van der Waals surface area contributed by atoms with E-state index in [4.69, 9.17) is 0 Å². The van der Waals surface area contributed by atoms with E-state index in [0.29, 0.717) is 18.2 Å². The number of rotatable bonds is 6. The zero-order chi connectivity index (χ0) is 18.0. The van der Waals surface area contributed by atoms with Crippen molar-refractivity contribution in [1.82, 2.24) is 9.88 Å². The zero-order valence-electron chi connectivity index (χ0n) is 14.9. The molecule has 0 bridgehead atoms. The third-order valence-electron chi connectivity index (χ3n) is 4.78. The van der Waals surface area contributed by atoms with Crippen LogP contribution in [0, 0.1) is 6.92 Å². The summed E-state index contributed by atoms with van der Waals surface area (Å²) in [5.41, 5.74) is 4.58. The van der Waals surface area contributed by atoms with Gasteiger partial charge >= 0.3 is 5.97 Å². The molecule has 0 aliphatic rings. The first kappa shape index (κ1) is 17.2. The molecular formula is C21H24N2O2. The molecule has 3 rings (SSSR count). The average Bonchev–Trinajstić information content (AvgIpc) is 2.87.